The molecule has 9 heavy (non-hydrogen) atoms. The van der Waals surface area contributed by atoms with Crippen molar-refractivity contribution in [1.29, 1.82) is 0 Å². The first kappa shape index (κ1) is 9.02. The van der Waals surface area contributed by atoms with Crippen LogP contribution in [0.3, 0.4) is 0 Å². The van der Waals surface area contributed by atoms with Gasteiger partial charge in [-0.1, -0.05) is 35.9 Å². The summed E-state index contributed by atoms with van der Waals surface area (Å²) in [4.78, 5) is 0. The monoisotopic (exact) mass is 191 g/mol. The molecule has 0 saturated heterocycles. The first-order valence-corrected chi connectivity index (χ1v) is 4.46. The van der Waals surface area contributed by atoms with Crippen LogP contribution in [0.4, 0.5) is 0 Å². The highest BCUT2D eigenvalue weighted by molar-refractivity contribution is 9.09. The molecule has 0 amide bonds. The zero-order chi connectivity index (χ0) is 7.11. The van der Waals surface area contributed by atoms with Gasteiger partial charge in [0.25, 0.3) is 0 Å². The Bertz CT molecular complexity index is 88.9. The highest BCUT2D eigenvalue weighted by Crippen LogP contribution is 1.97. The Labute approximate surface area is 65.7 Å². The highest BCUT2D eigenvalue weighted by Gasteiger charge is 1.86. The summed E-state index contributed by atoms with van der Waals surface area (Å²) < 4.78 is 0. The Balaban J connectivity index is 3.53. The lowest BCUT2D eigenvalue weighted by Gasteiger charge is -2.03. The second kappa shape index (κ2) is 6.14. The fourth-order valence-corrected chi connectivity index (χ4v) is 1.03. The Kier molecular flexibility index (Phi) is 6.16. The number of alkyl halides is 1. The van der Waals surface area contributed by atoms with Gasteiger partial charge in [-0.15, -0.1) is 0 Å². The van der Waals surface area contributed by atoms with Crippen molar-refractivity contribution in [2.45, 2.75) is 26.7 Å². The fourth-order valence-electron chi connectivity index (χ4n) is 0.674. The number of allylic oxidation sites excluding steroid dienone is 2. The van der Waals surface area contributed by atoms with Gasteiger partial charge in [-0.05, 0) is 12.8 Å². The Morgan fingerprint density at radius 3 is 2.56 bits per heavy atom. The molecule has 0 atom stereocenters. The molecule has 0 aliphatic heterocycles. The summed E-state index contributed by atoms with van der Waals surface area (Å²) in [5.74, 6) is 0. The number of nitrogens with one attached hydrogen (secondary N) is 1. The third-order valence-corrected chi connectivity index (χ3v) is 1.41. The van der Waals surface area contributed by atoms with Crippen LogP contribution in [0.25, 0.3) is 0 Å². The lowest BCUT2D eigenvalue weighted by atomic mass is 10.3. The second-order valence-corrected chi connectivity index (χ2v) is 2.36. The molecule has 0 rings (SSSR count). The minimum atomic E-state index is 0.854. The van der Waals surface area contributed by atoms with Crippen LogP contribution >= 0.6 is 15.9 Å². The van der Waals surface area contributed by atoms with E-state index < -0.39 is 0 Å². The summed E-state index contributed by atoms with van der Waals surface area (Å²) in [5, 5.41) is 3.21. The van der Waals surface area contributed by atoms with Crippen molar-refractivity contribution < 1.29 is 0 Å². The summed E-state index contributed by atoms with van der Waals surface area (Å²) in [5.41, 5.74) is 2.18. The fraction of sp³-hybridized carbons (Fsp3) is 0.714. The predicted molar refractivity (Wildman–Crippen MR) is 45.6 cm³/mol. The van der Waals surface area contributed by atoms with E-state index in [1.54, 1.807) is 0 Å². The molecule has 0 aromatic carbocycles. The maximum Gasteiger partial charge on any atom is 0.0704 e. The number of halogens is 1. The molecule has 0 aliphatic rings. The van der Waals surface area contributed by atoms with E-state index in [0.717, 1.165) is 18.3 Å². The average Bonchev–Trinajstić information content (AvgIpc) is 1.88. The van der Waals surface area contributed by atoms with Crippen molar-refractivity contribution in [2.24, 2.45) is 0 Å². The molecule has 0 aromatic rings. The van der Waals surface area contributed by atoms with E-state index in [-0.39, 0.29) is 0 Å². The molecule has 0 saturated carbocycles. The van der Waals surface area contributed by atoms with E-state index in [4.69, 9.17) is 0 Å². The summed E-state index contributed by atoms with van der Waals surface area (Å²) >= 11 is 3.31. The van der Waals surface area contributed by atoms with E-state index in [1.165, 1.54) is 5.70 Å². The molecule has 0 spiro atoms. The molecular formula is C7H14BrN. The molecule has 0 heterocycles. The van der Waals surface area contributed by atoms with E-state index in [9.17, 15) is 0 Å². The molecule has 0 bridgehead atoms. The van der Waals surface area contributed by atoms with Gasteiger partial charge in [-0.25, -0.2) is 0 Å². The predicted octanol–water partition coefficient (Wildman–Crippen LogP) is 2.63. The van der Waals surface area contributed by atoms with Gasteiger partial charge in [0.15, 0.2) is 0 Å². The van der Waals surface area contributed by atoms with Crippen LogP contribution in [-0.4, -0.2) is 5.45 Å². The van der Waals surface area contributed by atoms with Gasteiger partial charge in [0.2, 0.25) is 0 Å². The Morgan fingerprint density at radius 1 is 1.56 bits per heavy atom. The van der Waals surface area contributed by atoms with Crippen molar-refractivity contribution in [3.05, 3.63) is 11.8 Å². The third-order valence-electron chi connectivity index (χ3n) is 1.13. The quantitative estimate of drug-likeness (QED) is 0.533. The minimum Gasteiger partial charge on any atom is -0.379 e. The maximum absolute atomic E-state index is 3.31. The standard InChI is InChI=1S/C7H14BrN/c1-3-5-7(4-2)9-6-8/h5,9H,3-4,6H2,1-2H3/b7-5+. The molecule has 1 nitrogen and oxygen atoms in total. The molecule has 0 aliphatic carbocycles. The van der Waals surface area contributed by atoms with Gasteiger partial charge < -0.3 is 5.32 Å². The molecule has 1 N–H and O–H groups in total. The van der Waals surface area contributed by atoms with E-state index in [0.29, 0.717) is 0 Å². The molecule has 0 aromatic heterocycles. The molecule has 0 unspecified atom stereocenters. The van der Waals surface area contributed by atoms with E-state index in [1.807, 2.05) is 0 Å². The molecule has 0 radical (unpaired) electrons. The Morgan fingerprint density at radius 2 is 2.22 bits per heavy atom. The van der Waals surface area contributed by atoms with Gasteiger partial charge >= 0.3 is 0 Å². The number of rotatable bonds is 4. The molecule has 54 valence electrons. The van der Waals surface area contributed by atoms with Crippen LogP contribution in [0.2, 0.25) is 0 Å². The maximum atomic E-state index is 3.31. The second-order valence-electron chi connectivity index (χ2n) is 1.80. The van der Waals surface area contributed by atoms with Gasteiger partial charge in [-0.2, -0.15) is 0 Å². The van der Waals surface area contributed by atoms with Crippen LogP contribution in [0.1, 0.15) is 26.7 Å². The normalized spacial score (nSPS) is 11.7. The SMILES string of the molecule is CC/C=C(\CC)NCBr. The van der Waals surface area contributed by atoms with Gasteiger partial charge in [0.1, 0.15) is 0 Å². The highest BCUT2D eigenvalue weighted by atomic mass is 79.9. The van der Waals surface area contributed by atoms with Crippen molar-refractivity contribution in [3.8, 4) is 0 Å². The third kappa shape index (κ3) is 4.52. The minimum absolute atomic E-state index is 0.854. The van der Waals surface area contributed by atoms with Crippen LogP contribution in [0.15, 0.2) is 11.8 Å². The van der Waals surface area contributed by atoms with Crippen molar-refractivity contribution >= 4 is 15.9 Å². The topological polar surface area (TPSA) is 12.0 Å². The smallest absolute Gasteiger partial charge is 0.0704 e. The van der Waals surface area contributed by atoms with Crippen LogP contribution in [0.5, 0.6) is 0 Å². The van der Waals surface area contributed by atoms with Gasteiger partial charge in [0, 0.05) is 5.70 Å². The molecule has 2 heteroatoms. The van der Waals surface area contributed by atoms with Crippen molar-refractivity contribution in [1.82, 2.24) is 5.32 Å². The van der Waals surface area contributed by atoms with Gasteiger partial charge in [0.05, 0.1) is 5.45 Å². The first-order chi connectivity index (χ1) is 4.35. The molecule has 0 fully saturated rings. The number of hydrogen-bond donors (Lipinski definition) is 1. The lowest BCUT2D eigenvalue weighted by molar-refractivity contribution is 0.871. The van der Waals surface area contributed by atoms with Crippen LogP contribution in [-0.2, 0) is 0 Å². The molecular weight excluding hydrogens is 178 g/mol. The lowest BCUT2D eigenvalue weighted by Crippen LogP contribution is -2.08. The van der Waals surface area contributed by atoms with Crippen LogP contribution < -0.4 is 5.32 Å². The largest absolute Gasteiger partial charge is 0.379 e. The van der Waals surface area contributed by atoms with E-state index >= 15 is 0 Å². The van der Waals surface area contributed by atoms with E-state index in [2.05, 4.69) is 41.2 Å². The average molecular weight is 192 g/mol. The summed E-state index contributed by atoms with van der Waals surface area (Å²) in [6.45, 7) is 4.29. The van der Waals surface area contributed by atoms with Crippen LogP contribution in [0, 0.1) is 0 Å². The number of hydrogen-bond acceptors (Lipinski definition) is 1. The Hall–Kier alpha value is 0.0200. The first-order valence-electron chi connectivity index (χ1n) is 3.34. The summed E-state index contributed by atoms with van der Waals surface area (Å²) in [6.07, 6.45) is 4.42. The van der Waals surface area contributed by atoms with Gasteiger partial charge in [-0.3, -0.25) is 0 Å². The zero-order valence-electron chi connectivity index (χ0n) is 6.08. The summed E-state index contributed by atoms with van der Waals surface area (Å²) in [6, 6.07) is 0. The van der Waals surface area contributed by atoms with Crippen molar-refractivity contribution in [3.63, 3.8) is 0 Å². The van der Waals surface area contributed by atoms with Crippen molar-refractivity contribution in [2.75, 3.05) is 5.45 Å². The summed E-state index contributed by atoms with van der Waals surface area (Å²) in [7, 11) is 0. The zero-order valence-corrected chi connectivity index (χ0v) is 7.66.